The Balaban J connectivity index is 3.12. The lowest BCUT2D eigenvalue weighted by molar-refractivity contribution is 0.358. The average molecular weight is 270 g/mol. The number of benzene rings is 1. The summed E-state index contributed by atoms with van der Waals surface area (Å²) in [5.74, 6) is 0.782. The van der Waals surface area contributed by atoms with Crippen molar-refractivity contribution in [3.8, 4) is 11.5 Å². The molecule has 2 N–H and O–H groups in total. The highest BCUT2D eigenvalue weighted by Crippen LogP contribution is 2.36. The summed E-state index contributed by atoms with van der Waals surface area (Å²) in [6, 6.07) is 1.54. The van der Waals surface area contributed by atoms with Gasteiger partial charge in [0.15, 0.2) is 11.5 Å². The molecule has 1 heterocycles. The molecular weight excluding hydrogens is 258 g/mol. The van der Waals surface area contributed by atoms with Crippen LogP contribution in [0.15, 0.2) is 10.9 Å². The van der Waals surface area contributed by atoms with Gasteiger partial charge in [0, 0.05) is 13.1 Å². The van der Waals surface area contributed by atoms with E-state index in [4.69, 9.17) is 26.5 Å². The predicted octanol–water partition coefficient (Wildman–Crippen LogP) is 1.02. The number of aromatic amines is 1. The van der Waals surface area contributed by atoms with Gasteiger partial charge in [-0.3, -0.25) is 9.98 Å². The van der Waals surface area contributed by atoms with Gasteiger partial charge in [0.2, 0.25) is 0 Å². The van der Waals surface area contributed by atoms with E-state index in [1.807, 2.05) is 0 Å². The summed E-state index contributed by atoms with van der Waals surface area (Å²) in [5.41, 5.74) is -0.0459. The maximum atomic E-state index is 11.6. The third-order valence-corrected chi connectivity index (χ3v) is 3.03. The summed E-state index contributed by atoms with van der Waals surface area (Å²) < 4.78 is 11.6. The van der Waals surface area contributed by atoms with Crippen molar-refractivity contribution >= 4 is 22.5 Å². The molecular formula is C11H12ClN3O3. The second kappa shape index (κ2) is 4.38. The summed E-state index contributed by atoms with van der Waals surface area (Å²) in [6.45, 7) is 0. The molecule has 1 aromatic heterocycles. The number of aromatic nitrogens is 2. The first kappa shape index (κ1) is 12.5. The van der Waals surface area contributed by atoms with Gasteiger partial charge in [-0.25, -0.2) is 4.79 Å². The van der Waals surface area contributed by atoms with Crippen molar-refractivity contribution in [1.29, 1.82) is 5.41 Å². The van der Waals surface area contributed by atoms with E-state index in [1.54, 1.807) is 0 Å². The molecule has 2 aromatic rings. The van der Waals surface area contributed by atoms with Crippen LogP contribution in [0.1, 0.15) is 0 Å². The zero-order valence-electron chi connectivity index (χ0n) is 10.1. The number of nitrogens with one attached hydrogen (secondary N) is 2. The van der Waals surface area contributed by atoms with E-state index in [1.165, 1.54) is 31.9 Å². The lowest BCUT2D eigenvalue weighted by Gasteiger charge is -2.12. The van der Waals surface area contributed by atoms with Crippen LogP contribution in [0.5, 0.6) is 11.5 Å². The number of hydrogen-bond donors (Lipinski definition) is 2. The minimum absolute atomic E-state index is 0.00593. The Labute approximate surface area is 107 Å². The standard InChI is InChI=1S/C11H12ClN3O3/c1-15-10(13)7-8(14-11(15)16)5(12)4-6(17-2)9(7)18-3/h4,13H,1-3H3,(H,14,16). The highest BCUT2D eigenvalue weighted by molar-refractivity contribution is 6.35. The number of ether oxygens (including phenoxy) is 2. The Morgan fingerprint density at radius 1 is 1.39 bits per heavy atom. The lowest BCUT2D eigenvalue weighted by atomic mass is 10.2. The van der Waals surface area contributed by atoms with Crippen molar-refractivity contribution in [1.82, 2.24) is 9.55 Å². The SMILES string of the molecule is COc1cc(Cl)c2[nH]c(=O)n(C)c(=N)c2c1OC. The molecule has 6 nitrogen and oxygen atoms in total. The summed E-state index contributed by atoms with van der Waals surface area (Å²) in [7, 11) is 4.44. The van der Waals surface area contributed by atoms with Gasteiger partial charge in [-0.1, -0.05) is 11.6 Å². The Kier molecular flexibility index (Phi) is 3.04. The lowest BCUT2D eigenvalue weighted by Crippen LogP contribution is -2.32. The van der Waals surface area contributed by atoms with Crippen LogP contribution in [-0.2, 0) is 7.05 Å². The zero-order chi connectivity index (χ0) is 13.4. The van der Waals surface area contributed by atoms with E-state index in [2.05, 4.69) is 4.98 Å². The van der Waals surface area contributed by atoms with Crippen LogP contribution in [0.4, 0.5) is 0 Å². The van der Waals surface area contributed by atoms with Crippen molar-refractivity contribution in [3.05, 3.63) is 27.1 Å². The molecule has 0 aliphatic rings. The normalized spacial score (nSPS) is 10.7. The third-order valence-electron chi connectivity index (χ3n) is 2.73. The molecule has 1 aromatic carbocycles. The second-order valence-electron chi connectivity index (χ2n) is 3.68. The van der Waals surface area contributed by atoms with Crippen LogP contribution < -0.4 is 20.7 Å². The molecule has 2 rings (SSSR count). The maximum absolute atomic E-state index is 11.6. The Bertz CT molecular complexity index is 733. The van der Waals surface area contributed by atoms with Gasteiger partial charge in [0.05, 0.1) is 30.1 Å². The average Bonchev–Trinajstić information content (AvgIpc) is 2.36. The molecule has 96 valence electrons. The van der Waals surface area contributed by atoms with E-state index in [-0.39, 0.29) is 5.49 Å². The molecule has 0 saturated carbocycles. The summed E-state index contributed by atoms with van der Waals surface area (Å²) in [5, 5.41) is 8.70. The quantitative estimate of drug-likeness (QED) is 0.854. The molecule has 0 aliphatic heterocycles. The summed E-state index contributed by atoms with van der Waals surface area (Å²) >= 11 is 6.07. The van der Waals surface area contributed by atoms with Gasteiger partial charge in [-0.2, -0.15) is 0 Å². The first-order valence-corrected chi connectivity index (χ1v) is 5.47. The Hall–Kier alpha value is -1.95. The van der Waals surface area contributed by atoms with Crippen LogP contribution >= 0.6 is 11.6 Å². The Morgan fingerprint density at radius 2 is 2.06 bits per heavy atom. The predicted molar refractivity (Wildman–Crippen MR) is 67.5 cm³/mol. The molecule has 0 spiro atoms. The van der Waals surface area contributed by atoms with Gasteiger partial charge < -0.3 is 14.5 Å². The van der Waals surface area contributed by atoms with E-state index in [9.17, 15) is 4.79 Å². The smallest absolute Gasteiger partial charge is 0.327 e. The van der Waals surface area contributed by atoms with Crippen LogP contribution in [0.25, 0.3) is 10.9 Å². The molecule has 18 heavy (non-hydrogen) atoms. The van der Waals surface area contributed by atoms with E-state index >= 15 is 0 Å². The van der Waals surface area contributed by atoms with Crippen LogP contribution in [-0.4, -0.2) is 23.8 Å². The highest BCUT2D eigenvalue weighted by atomic mass is 35.5. The summed E-state index contributed by atoms with van der Waals surface area (Å²) in [4.78, 5) is 14.2. The van der Waals surface area contributed by atoms with Crippen molar-refractivity contribution in [2.24, 2.45) is 7.05 Å². The molecule has 0 amide bonds. The zero-order valence-corrected chi connectivity index (χ0v) is 10.9. The molecule has 0 unspecified atom stereocenters. The van der Waals surface area contributed by atoms with Gasteiger partial charge >= 0.3 is 5.69 Å². The number of hydrogen-bond acceptors (Lipinski definition) is 4. The first-order valence-electron chi connectivity index (χ1n) is 5.09. The topological polar surface area (TPSA) is 80.1 Å². The number of H-pyrrole nitrogens is 1. The van der Waals surface area contributed by atoms with Crippen molar-refractivity contribution in [2.45, 2.75) is 0 Å². The van der Waals surface area contributed by atoms with Crippen molar-refractivity contribution < 1.29 is 9.47 Å². The van der Waals surface area contributed by atoms with Gasteiger partial charge in [0.25, 0.3) is 0 Å². The molecule has 7 heteroatoms. The van der Waals surface area contributed by atoms with Gasteiger partial charge in [-0.05, 0) is 0 Å². The Morgan fingerprint density at radius 3 is 2.61 bits per heavy atom. The molecule has 0 atom stereocenters. The maximum Gasteiger partial charge on any atom is 0.327 e. The van der Waals surface area contributed by atoms with E-state index in [0.29, 0.717) is 27.4 Å². The minimum Gasteiger partial charge on any atom is -0.493 e. The van der Waals surface area contributed by atoms with E-state index in [0.717, 1.165) is 0 Å². The van der Waals surface area contributed by atoms with Crippen LogP contribution in [0.2, 0.25) is 5.02 Å². The number of methoxy groups -OCH3 is 2. The molecule has 0 bridgehead atoms. The monoisotopic (exact) mass is 269 g/mol. The number of rotatable bonds is 2. The van der Waals surface area contributed by atoms with Gasteiger partial charge in [0.1, 0.15) is 5.49 Å². The summed E-state index contributed by atoms with van der Waals surface area (Å²) in [6.07, 6.45) is 0. The number of fused-ring (bicyclic) bond motifs is 1. The highest BCUT2D eigenvalue weighted by Gasteiger charge is 2.16. The molecule has 0 radical (unpaired) electrons. The fourth-order valence-electron chi connectivity index (χ4n) is 1.77. The fourth-order valence-corrected chi connectivity index (χ4v) is 2.01. The number of halogens is 1. The molecule has 0 fully saturated rings. The van der Waals surface area contributed by atoms with Crippen molar-refractivity contribution in [2.75, 3.05) is 14.2 Å². The van der Waals surface area contributed by atoms with E-state index < -0.39 is 5.69 Å². The second-order valence-corrected chi connectivity index (χ2v) is 4.09. The molecule has 0 saturated heterocycles. The fraction of sp³-hybridized carbons (Fsp3) is 0.273. The minimum atomic E-state index is -0.415. The first-order chi connectivity index (χ1) is 8.51. The number of nitrogens with zero attached hydrogens (tertiary/aromatic N) is 1. The van der Waals surface area contributed by atoms with Crippen molar-refractivity contribution in [3.63, 3.8) is 0 Å². The van der Waals surface area contributed by atoms with Gasteiger partial charge in [-0.15, -0.1) is 0 Å². The largest absolute Gasteiger partial charge is 0.493 e. The van der Waals surface area contributed by atoms with Crippen LogP contribution in [0.3, 0.4) is 0 Å². The third kappa shape index (κ3) is 1.65. The molecule has 0 aliphatic carbocycles. The van der Waals surface area contributed by atoms with Crippen LogP contribution in [0, 0.1) is 5.41 Å².